The van der Waals surface area contributed by atoms with Crippen molar-refractivity contribution in [3.05, 3.63) is 72.3 Å². The first kappa shape index (κ1) is 17.9. The number of alkyl halides is 3. The monoisotopic (exact) mass is 389 g/mol. The van der Waals surface area contributed by atoms with Crippen LogP contribution in [0, 0.1) is 5.82 Å². The van der Waals surface area contributed by atoms with Crippen LogP contribution in [0.5, 0.6) is 5.75 Å². The molecule has 0 saturated heterocycles. The van der Waals surface area contributed by atoms with E-state index in [2.05, 4.69) is 19.8 Å². The maximum absolute atomic E-state index is 13.9. The molecule has 28 heavy (non-hydrogen) atoms. The van der Waals surface area contributed by atoms with Gasteiger partial charge in [-0.25, -0.2) is 9.37 Å². The normalized spacial score (nSPS) is 11.7. The SMILES string of the molecule is Fc1ccccc1-c1nc2cn[n+](Cc3ccc(OC(F)(F)F)cc3)cc2[nH]1. The third-order valence-electron chi connectivity index (χ3n) is 4.00. The van der Waals surface area contributed by atoms with Crippen LogP contribution in [-0.2, 0) is 6.54 Å². The summed E-state index contributed by atoms with van der Waals surface area (Å²) in [6, 6.07) is 11.8. The highest BCUT2D eigenvalue weighted by molar-refractivity contribution is 5.77. The standard InChI is InChI=1S/C19H12F4N4O/c20-15-4-2-1-3-14(15)18-25-16-9-24-27(11-17(16)26-18)10-12-5-7-13(8-6-12)28-19(21,22)23/h1-9,11H,10H2/p+1. The van der Waals surface area contributed by atoms with Gasteiger partial charge in [0.2, 0.25) is 6.20 Å². The molecule has 4 aromatic rings. The lowest BCUT2D eigenvalue weighted by Gasteiger charge is -2.08. The Morgan fingerprint density at radius 1 is 1.04 bits per heavy atom. The van der Waals surface area contributed by atoms with Crippen LogP contribution in [0.25, 0.3) is 22.4 Å². The van der Waals surface area contributed by atoms with Gasteiger partial charge >= 0.3 is 6.36 Å². The molecule has 0 amide bonds. The number of aromatic nitrogens is 4. The van der Waals surface area contributed by atoms with Gasteiger partial charge < -0.3 is 9.72 Å². The number of nitrogens with one attached hydrogen (secondary N) is 1. The first-order valence-electron chi connectivity index (χ1n) is 8.22. The summed E-state index contributed by atoms with van der Waals surface area (Å²) in [6.07, 6.45) is -1.48. The van der Waals surface area contributed by atoms with E-state index in [0.29, 0.717) is 29.0 Å². The zero-order valence-corrected chi connectivity index (χ0v) is 14.2. The molecule has 0 aliphatic rings. The van der Waals surface area contributed by atoms with Crippen LogP contribution < -0.4 is 9.42 Å². The molecule has 0 bridgehead atoms. The number of hydrogen-bond donors (Lipinski definition) is 1. The molecule has 9 heteroatoms. The number of benzene rings is 2. The first-order chi connectivity index (χ1) is 13.4. The molecule has 2 heterocycles. The third-order valence-corrected chi connectivity index (χ3v) is 4.00. The lowest BCUT2D eigenvalue weighted by atomic mass is 10.2. The molecule has 0 unspecified atom stereocenters. The van der Waals surface area contributed by atoms with E-state index in [4.69, 9.17) is 0 Å². The molecule has 4 rings (SSSR count). The highest BCUT2D eigenvalue weighted by atomic mass is 19.4. The fraction of sp³-hybridized carbons (Fsp3) is 0.105. The van der Waals surface area contributed by atoms with Crippen LogP contribution in [-0.4, -0.2) is 21.4 Å². The lowest BCUT2D eigenvalue weighted by molar-refractivity contribution is -0.745. The third kappa shape index (κ3) is 3.93. The fourth-order valence-electron chi connectivity index (χ4n) is 2.76. The van der Waals surface area contributed by atoms with Crippen molar-refractivity contribution >= 4 is 11.0 Å². The van der Waals surface area contributed by atoms with E-state index in [1.165, 1.54) is 36.5 Å². The molecule has 0 radical (unpaired) electrons. The Morgan fingerprint density at radius 2 is 1.79 bits per heavy atom. The van der Waals surface area contributed by atoms with Crippen LogP contribution in [0.3, 0.4) is 0 Å². The van der Waals surface area contributed by atoms with Crippen molar-refractivity contribution in [2.45, 2.75) is 12.9 Å². The first-order valence-corrected chi connectivity index (χ1v) is 8.22. The van der Waals surface area contributed by atoms with Crippen molar-refractivity contribution in [3.8, 4) is 17.1 Å². The molecule has 1 N–H and O–H groups in total. The predicted octanol–water partition coefficient (Wildman–Crippen LogP) is 4.00. The number of rotatable bonds is 4. The fourth-order valence-corrected chi connectivity index (χ4v) is 2.76. The van der Waals surface area contributed by atoms with Gasteiger partial charge in [-0.3, -0.25) is 0 Å². The molecule has 142 valence electrons. The van der Waals surface area contributed by atoms with Gasteiger partial charge in [0, 0.05) is 5.56 Å². The summed E-state index contributed by atoms with van der Waals surface area (Å²) in [7, 11) is 0. The quantitative estimate of drug-likeness (QED) is 0.424. The number of fused-ring (bicyclic) bond motifs is 1. The molecular weight excluding hydrogens is 376 g/mol. The van der Waals surface area contributed by atoms with Gasteiger partial charge in [0.1, 0.15) is 34.6 Å². The molecule has 2 aromatic carbocycles. The van der Waals surface area contributed by atoms with Gasteiger partial charge in [0.15, 0.2) is 6.54 Å². The molecule has 0 spiro atoms. The summed E-state index contributed by atoms with van der Waals surface area (Å²) in [5.74, 6) is -0.280. The minimum Gasteiger partial charge on any atom is -0.406 e. The molecule has 0 fully saturated rings. The predicted molar refractivity (Wildman–Crippen MR) is 91.7 cm³/mol. The lowest BCUT2D eigenvalue weighted by Crippen LogP contribution is -2.37. The van der Waals surface area contributed by atoms with Crippen LogP contribution in [0.1, 0.15) is 5.56 Å². The van der Waals surface area contributed by atoms with E-state index in [1.54, 1.807) is 29.1 Å². The average molecular weight is 389 g/mol. The molecule has 0 aliphatic heterocycles. The Labute approximate surface area is 156 Å². The zero-order chi connectivity index (χ0) is 19.7. The highest BCUT2D eigenvalue weighted by Crippen LogP contribution is 2.23. The molecule has 2 aromatic heterocycles. The summed E-state index contributed by atoms with van der Waals surface area (Å²) in [5, 5.41) is 4.24. The Morgan fingerprint density at radius 3 is 2.50 bits per heavy atom. The maximum atomic E-state index is 13.9. The van der Waals surface area contributed by atoms with Gasteiger partial charge in [-0.05, 0) is 41.5 Å². The van der Waals surface area contributed by atoms with Crippen LogP contribution >= 0.6 is 0 Å². The van der Waals surface area contributed by atoms with E-state index in [1.807, 2.05) is 0 Å². The number of halogens is 4. The van der Waals surface area contributed by atoms with Gasteiger partial charge in [-0.1, -0.05) is 16.8 Å². The van der Waals surface area contributed by atoms with E-state index in [9.17, 15) is 17.6 Å². The van der Waals surface area contributed by atoms with Crippen molar-refractivity contribution in [1.29, 1.82) is 0 Å². The van der Waals surface area contributed by atoms with Crippen molar-refractivity contribution < 1.29 is 27.0 Å². The van der Waals surface area contributed by atoms with Gasteiger partial charge in [-0.2, -0.15) is 0 Å². The van der Waals surface area contributed by atoms with E-state index >= 15 is 0 Å². The van der Waals surface area contributed by atoms with E-state index in [-0.39, 0.29) is 11.6 Å². The summed E-state index contributed by atoms with van der Waals surface area (Å²) >= 11 is 0. The van der Waals surface area contributed by atoms with Crippen LogP contribution in [0.2, 0.25) is 0 Å². The van der Waals surface area contributed by atoms with Crippen LogP contribution in [0.4, 0.5) is 17.6 Å². The second kappa shape index (κ2) is 6.91. The summed E-state index contributed by atoms with van der Waals surface area (Å²) in [4.78, 5) is 7.40. The van der Waals surface area contributed by atoms with Crippen molar-refractivity contribution in [2.24, 2.45) is 0 Å². The minimum atomic E-state index is -4.72. The number of nitrogens with zero attached hydrogens (tertiary/aromatic N) is 3. The van der Waals surface area contributed by atoms with E-state index in [0.717, 1.165) is 5.56 Å². The molecule has 0 aliphatic carbocycles. The van der Waals surface area contributed by atoms with Gasteiger partial charge in [0.25, 0.3) is 0 Å². The van der Waals surface area contributed by atoms with Gasteiger partial charge in [0.05, 0.1) is 5.56 Å². The second-order valence-electron chi connectivity index (χ2n) is 6.03. The Kier molecular flexibility index (Phi) is 4.42. The summed E-state index contributed by atoms with van der Waals surface area (Å²) in [5.41, 5.74) is 2.32. The van der Waals surface area contributed by atoms with Crippen LogP contribution in [0.15, 0.2) is 60.9 Å². The number of H-pyrrole nitrogens is 1. The molecular formula is C19H13F4N4O+. The van der Waals surface area contributed by atoms with Crippen molar-refractivity contribution in [2.75, 3.05) is 0 Å². The molecule has 0 atom stereocenters. The smallest absolute Gasteiger partial charge is 0.406 e. The second-order valence-corrected chi connectivity index (χ2v) is 6.03. The average Bonchev–Trinajstić information content (AvgIpc) is 3.05. The van der Waals surface area contributed by atoms with Gasteiger partial charge in [-0.15, -0.1) is 13.2 Å². The largest absolute Gasteiger partial charge is 0.573 e. The van der Waals surface area contributed by atoms with Crippen molar-refractivity contribution in [1.82, 2.24) is 15.1 Å². The number of ether oxygens (including phenoxy) is 1. The molecule has 0 saturated carbocycles. The van der Waals surface area contributed by atoms with E-state index < -0.39 is 6.36 Å². The maximum Gasteiger partial charge on any atom is 0.573 e. The van der Waals surface area contributed by atoms with Crippen molar-refractivity contribution in [3.63, 3.8) is 0 Å². The Balaban J connectivity index is 1.56. The zero-order valence-electron chi connectivity index (χ0n) is 14.2. The number of aromatic amines is 1. The number of hydrogen-bond acceptors (Lipinski definition) is 3. The topological polar surface area (TPSA) is 54.7 Å². The Bertz CT molecular complexity index is 1120. The minimum absolute atomic E-state index is 0.284. The highest BCUT2D eigenvalue weighted by Gasteiger charge is 2.31. The molecule has 5 nitrogen and oxygen atoms in total. The Hall–Kier alpha value is -3.49. The number of imidazole rings is 1. The summed E-state index contributed by atoms with van der Waals surface area (Å²) in [6.45, 7) is 0.330. The summed E-state index contributed by atoms with van der Waals surface area (Å²) < 4.78 is 56.1.